The van der Waals surface area contributed by atoms with E-state index in [1.54, 1.807) is 5.57 Å². The molecule has 0 heterocycles. The predicted molar refractivity (Wildman–Crippen MR) is 91.8 cm³/mol. The van der Waals surface area contributed by atoms with Crippen LogP contribution in [0, 0.1) is 5.92 Å². The van der Waals surface area contributed by atoms with Crippen molar-refractivity contribution in [2.24, 2.45) is 5.92 Å². The van der Waals surface area contributed by atoms with Gasteiger partial charge in [-0.15, -0.1) is 0 Å². The smallest absolute Gasteiger partial charge is 0.0257 e. The molecular weight excluding hydrogens is 240 g/mol. The van der Waals surface area contributed by atoms with Gasteiger partial charge >= 0.3 is 0 Å². The largest absolute Gasteiger partial charge is 0.0853 e. The highest BCUT2D eigenvalue weighted by Crippen LogP contribution is 2.20. The first-order valence-corrected chi connectivity index (χ1v) is 7.86. The molecule has 0 heteroatoms. The molecule has 0 fully saturated rings. The molecule has 1 rings (SSSR count). The topological polar surface area (TPSA) is 0 Å². The van der Waals surface area contributed by atoms with Crippen molar-refractivity contribution < 1.29 is 0 Å². The third kappa shape index (κ3) is 6.75. The molecule has 110 valence electrons. The number of hydrogen-bond acceptors (Lipinski definition) is 0. The molecule has 20 heavy (non-hydrogen) atoms. The number of allylic oxidation sites excluding steroid dienone is 10. The number of hydrogen-bond donors (Lipinski definition) is 0. The first-order chi connectivity index (χ1) is 9.49. The molecule has 0 amide bonds. The van der Waals surface area contributed by atoms with E-state index in [2.05, 4.69) is 71.1 Å². The second-order valence-corrected chi connectivity index (χ2v) is 6.27. The molecule has 0 radical (unpaired) electrons. The highest BCUT2D eigenvalue weighted by molar-refractivity contribution is 5.28. The minimum Gasteiger partial charge on any atom is -0.0853 e. The summed E-state index contributed by atoms with van der Waals surface area (Å²) in [5.41, 5.74) is 5.84. The first-order valence-electron chi connectivity index (χ1n) is 7.86. The summed E-state index contributed by atoms with van der Waals surface area (Å²) in [6.45, 7) is 11.2. The molecule has 0 spiro atoms. The van der Waals surface area contributed by atoms with Gasteiger partial charge in [-0.05, 0) is 52.4 Å². The number of rotatable bonds is 1. The lowest BCUT2D eigenvalue weighted by Crippen LogP contribution is -1.95. The van der Waals surface area contributed by atoms with Crippen molar-refractivity contribution in [3.05, 3.63) is 58.7 Å². The highest BCUT2D eigenvalue weighted by Gasteiger charge is 2.03. The van der Waals surface area contributed by atoms with E-state index in [1.165, 1.54) is 29.6 Å². The van der Waals surface area contributed by atoms with Crippen LogP contribution in [0.15, 0.2) is 58.7 Å². The molecule has 0 atom stereocenters. The van der Waals surface area contributed by atoms with Crippen LogP contribution in [0.4, 0.5) is 0 Å². The van der Waals surface area contributed by atoms with Gasteiger partial charge in [-0.3, -0.25) is 0 Å². The van der Waals surface area contributed by atoms with E-state index in [4.69, 9.17) is 0 Å². The molecule has 0 unspecified atom stereocenters. The van der Waals surface area contributed by atoms with Gasteiger partial charge in [0.15, 0.2) is 0 Å². The van der Waals surface area contributed by atoms with Crippen LogP contribution in [-0.4, -0.2) is 0 Å². The Labute approximate surface area is 125 Å². The lowest BCUT2D eigenvalue weighted by Gasteiger charge is -2.11. The van der Waals surface area contributed by atoms with Crippen molar-refractivity contribution >= 4 is 0 Å². The third-order valence-corrected chi connectivity index (χ3v) is 3.88. The monoisotopic (exact) mass is 270 g/mol. The fraction of sp³-hybridized carbons (Fsp3) is 0.500. The van der Waals surface area contributed by atoms with E-state index < -0.39 is 0 Å². The van der Waals surface area contributed by atoms with Gasteiger partial charge in [0, 0.05) is 0 Å². The molecule has 0 aliphatic heterocycles. The summed E-state index contributed by atoms with van der Waals surface area (Å²) < 4.78 is 0. The minimum absolute atomic E-state index is 0.630. The molecule has 0 aromatic rings. The summed E-state index contributed by atoms with van der Waals surface area (Å²) in [6, 6.07) is 0. The fourth-order valence-electron chi connectivity index (χ4n) is 2.30. The van der Waals surface area contributed by atoms with Gasteiger partial charge < -0.3 is 0 Å². The Morgan fingerprint density at radius 3 is 2.30 bits per heavy atom. The Morgan fingerprint density at radius 1 is 0.850 bits per heavy atom. The summed E-state index contributed by atoms with van der Waals surface area (Å²) in [7, 11) is 0. The van der Waals surface area contributed by atoms with Crippen LogP contribution in [0.25, 0.3) is 0 Å². The Kier molecular flexibility index (Phi) is 7.36. The molecule has 1 aliphatic carbocycles. The van der Waals surface area contributed by atoms with Crippen LogP contribution in [0.3, 0.4) is 0 Å². The standard InChI is InChI=1S/C20H30/c1-16(2)20-14-12-18(4)10-6-8-17(3)9-7-11-19(5)13-15-20/h6,8,10-12,14,16H,7,9,13,15H2,1-5H3/b10-6+,17-8+,18-12-,19-11+,20-14+. The zero-order valence-electron chi connectivity index (χ0n) is 13.9. The Morgan fingerprint density at radius 2 is 1.60 bits per heavy atom. The zero-order chi connectivity index (χ0) is 15.0. The van der Waals surface area contributed by atoms with Crippen LogP contribution in [-0.2, 0) is 0 Å². The van der Waals surface area contributed by atoms with Crippen molar-refractivity contribution in [3.8, 4) is 0 Å². The van der Waals surface area contributed by atoms with Crippen LogP contribution in [0.5, 0.6) is 0 Å². The summed E-state index contributed by atoms with van der Waals surface area (Å²) in [5, 5.41) is 0. The summed E-state index contributed by atoms with van der Waals surface area (Å²) in [6.07, 6.45) is 18.3. The van der Waals surface area contributed by atoms with Crippen molar-refractivity contribution in [3.63, 3.8) is 0 Å². The van der Waals surface area contributed by atoms with Crippen molar-refractivity contribution in [2.75, 3.05) is 0 Å². The lowest BCUT2D eigenvalue weighted by molar-refractivity contribution is 0.706. The van der Waals surface area contributed by atoms with E-state index in [1.807, 2.05) is 0 Å². The van der Waals surface area contributed by atoms with Gasteiger partial charge in [0.2, 0.25) is 0 Å². The quantitative estimate of drug-likeness (QED) is 0.475. The van der Waals surface area contributed by atoms with Crippen molar-refractivity contribution in [1.82, 2.24) is 0 Å². The van der Waals surface area contributed by atoms with E-state index in [-0.39, 0.29) is 0 Å². The second-order valence-electron chi connectivity index (χ2n) is 6.27. The van der Waals surface area contributed by atoms with Crippen molar-refractivity contribution in [2.45, 2.75) is 60.3 Å². The summed E-state index contributed by atoms with van der Waals surface area (Å²) in [5.74, 6) is 0.630. The normalized spacial score (nSPS) is 30.9. The Balaban J connectivity index is 2.98. The molecule has 0 aromatic carbocycles. The van der Waals surface area contributed by atoms with Crippen LogP contribution in [0.1, 0.15) is 60.3 Å². The zero-order valence-corrected chi connectivity index (χ0v) is 13.9. The maximum Gasteiger partial charge on any atom is -0.0257 e. The fourth-order valence-corrected chi connectivity index (χ4v) is 2.30. The Hall–Kier alpha value is -1.30. The van der Waals surface area contributed by atoms with Crippen LogP contribution in [0.2, 0.25) is 0 Å². The molecule has 1 aliphatic rings. The molecular formula is C20H30. The van der Waals surface area contributed by atoms with Crippen LogP contribution >= 0.6 is 0 Å². The van der Waals surface area contributed by atoms with Gasteiger partial charge in [-0.1, -0.05) is 72.6 Å². The van der Waals surface area contributed by atoms with E-state index in [9.17, 15) is 0 Å². The van der Waals surface area contributed by atoms with Gasteiger partial charge in [-0.2, -0.15) is 0 Å². The molecule has 0 saturated carbocycles. The lowest BCUT2D eigenvalue weighted by atomic mass is 9.95. The van der Waals surface area contributed by atoms with Gasteiger partial charge in [0.05, 0.1) is 0 Å². The average Bonchev–Trinajstić information content (AvgIpc) is 2.37. The van der Waals surface area contributed by atoms with Crippen LogP contribution < -0.4 is 0 Å². The predicted octanol–water partition coefficient (Wildman–Crippen LogP) is 6.54. The third-order valence-electron chi connectivity index (χ3n) is 3.88. The minimum atomic E-state index is 0.630. The average molecular weight is 270 g/mol. The molecule has 0 bridgehead atoms. The van der Waals surface area contributed by atoms with Gasteiger partial charge in [0.25, 0.3) is 0 Å². The maximum atomic E-state index is 2.41. The molecule has 0 nitrogen and oxygen atoms in total. The SMILES string of the molecule is CC1=C/C=C(/C(C)C)CC/C(C)=C/CC\C(C)=C\C=C\1. The van der Waals surface area contributed by atoms with E-state index in [0.717, 1.165) is 12.8 Å². The summed E-state index contributed by atoms with van der Waals surface area (Å²) >= 11 is 0. The molecule has 0 saturated heterocycles. The van der Waals surface area contributed by atoms with Gasteiger partial charge in [0.1, 0.15) is 0 Å². The maximum absolute atomic E-state index is 2.41. The Bertz CT molecular complexity index is 450. The first kappa shape index (κ1) is 16.8. The van der Waals surface area contributed by atoms with Gasteiger partial charge in [-0.25, -0.2) is 0 Å². The van der Waals surface area contributed by atoms with E-state index in [0.29, 0.717) is 5.92 Å². The highest BCUT2D eigenvalue weighted by atomic mass is 14.1. The second kappa shape index (κ2) is 8.79. The van der Waals surface area contributed by atoms with E-state index >= 15 is 0 Å². The molecule has 0 N–H and O–H groups in total. The van der Waals surface area contributed by atoms with Crippen molar-refractivity contribution in [1.29, 1.82) is 0 Å². The summed E-state index contributed by atoms with van der Waals surface area (Å²) in [4.78, 5) is 0. The molecule has 0 aromatic heterocycles.